The first kappa shape index (κ1) is 17.4. The van der Waals surface area contributed by atoms with E-state index in [1.54, 1.807) is 26.8 Å². The second kappa shape index (κ2) is 6.85. The molecule has 1 rings (SSSR count). The van der Waals surface area contributed by atoms with Gasteiger partial charge in [-0.25, -0.2) is 9.59 Å². The zero-order valence-electron chi connectivity index (χ0n) is 12.8. The summed E-state index contributed by atoms with van der Waals surface area (Å²) < 4.78 is 5.20. The molecule has 6 heteroatoms. The molecule has 1 aliphatic carbocycles. The molecule has 0 aromatic heterocycles. The SMILES string of the molecule is CN(C(=O)OC(C)(C)C)[C@@H](CC1=CC=CCC1=S)C(=O)O. The van der Waals surface area contributed by atoms with Gasteiger partial charge in [0.05, 0.1) is 0 Å². The molecule has 5 nitrogen and oxygen atoms in total. The zero-order chi connectivity index (χ0) is 16.2. The number of hydrogen-bond donors (Lipinski definition) is 1. The van der Waals surface area contributed by atoms with Crippen LogP contribution in [0.1, 0.15) is 33.6 Å². The first-order valence-corrected chi connectivity index (χ1v) is 7.10. The molecule has 0 saturated carbocycles. The van der Waals surface area contributed by atoms with Crippen molar-refractivity contribution in [2.75, 3.05) is 7.05 Å². The first-order chi connectivity index (χ1) is 9.61. The summed E-state index contributed by atoms with van der Waals surface area (Å²) in [5.74, 6) is -1.08. The van der Waals surface area contributed by atoms with Crippen molar-refractivity contribution < 1.29 is 19.4 Å². The number of carbonyl (C=O) groups excluding carboxylic acids is 1. The number of rotatable bonds is 4. The molecule has 0 bridgehead atoms. The maximum Gasteiger partial charge on any atom is 0.410 e. The third kappa shape index (κ3) is 5.30. The second-order valence-electron chi connectivity index (χ2n) is 5.90. The van der Waals surface area contributed by atoms with Crippen molar-refractivity contribution >= 4 is 29.1 Å². The van der Waals surface area contributed by atoms with Crippen LogP contribution < -0.4 is 0 Å². The molecule has 1 N–H and O–H groups in total. The van der Waals surface area contributed by atoms with Gasteiger partial charge in [0.25, 0.3) is 0 Å². The van der Waals surface area contributed by atoms with E-state index in [9.17, 15) is 14.7 Å². The van der Waals surface area contributed by atoms with E-state index in [4.69, 9.17) is 17.0 Å². The van der Waals surface area contributed by atoms with Crippen molar-refractivity contribution in [2.24, 2.45) is 0 Å². The number of nitrogens with zero attached hydrogens (tertiary/aromatic N) is 1. The lowest BCUT2D eigenvalue weighted by Gasteiger charge is -2.29. The Morgan fingerprint density at radius 3 is 2.57 bits per heavy atom. The van der Waals surface area contributed by atoms with Crippen molar-refractivity contribution in [3.8, 4) is 0 Å². The average Bonchev–Trinajstić information content (AvgIpc) is 2.34. The van der Waals surface area contributed by atoms with E-state index in [1.165, 1.54) is 7.05 Å². The Bertz CT molecular complexity index is 502. The molecule has 116 valence electrons. The standard InChI is InChI=1S/C15H21NO4S/c1-15(2,3)20-14(19)16(4)11(13(17)18)9-10-7-5-6-8-12(10)21/h5-7,11H,8-9H2,1-4H3,(H,17,18)/t11-/m0/s1. The monoisotopic (exact) mass is 311 g/mol. The van der Waals surface area contributed by atoms with E-state index >= 15 is 0 Å². The number of thiocarbonyl (C=S) groups is 1. The van der Waals surface area contributed by atoms with E-state index in [0.717, 1.165) is 10.5 Å². The average molecular weight is 311 g/mol. The fourth-order valence-corrected chi connectivity index (χ4v) is 2.07. The van der Waals surface area contributed by atoms with Crippen molar-refractivity contribution in [1.82, 2.24) is 4.90 Å². The van der Waals surface area contributed by atoms with Crippen LogP contribution in [0, 0.1) is 0 Å². The normalized spacial score (nSPS) is 16.2. The topological polar surface area (TPSA) is 66.8 Å². The van der Waals surface area contributed by atoms with Gasteiger partial charge >= 0.3 is 12.1 Å². The van der Waals surface area contributed by atoms with Gasteiger partial charge in [-0.05, 0) is 26.3 Å². The molecule has 0 radical (unpaired) electrons. The first-order valence-electron chi connectivity index (χ1n) is 6.69. The van der Waals surface area contributed by atoms with Crippen molar-refractivity contribution in [3.05, 3.63) is 23.8 Å². The minimum absolute atomic E-state index is 0.175. The van der Waals surface area contributed by atoms with Gasteiger partial charge in [0, 0.05) is 24.8 Å². The summed E-state index contributed by atoms with van der Waals surface area (Å²) in [6.07, 6.45) is 5.70. The van der Waals surface area contributed by atoms with Gasteiger partial charge in [-0.15, -0.1) is 0 Å². The maximum absolute atomic E-state index is 12.0. The lowest BCUT2D eigenvalue weighted by molar-refractivity contribution is -0.142. The summed E-state index contributed by atoms with van der Waals surface area (Å²) in [7, 11) is 1.43. The highest BCUT2D eigenvalue weighted by atomic mass is 32.1. The number of ether oxygens (including phenoxy) is 1. The second-order valence-corrected chi connectivity index (χ2v) is 6.39. The van der Waals surface area contributed by atoms with Crippen LogP contribution in [-0.4, -0.2) is 45.6 Å². The lowest BCUT2D eigenvalue weighted by Crippen LogP contribution is -2.45. The molecule has 1 amide bonds. The predicted molar refractivity (Wildman–Crippen MR) is 84.5 cm³/mol. The van der Waals surface area contributed by atoms with Gasteiger partial charge in [-0.2, -0.15) is 0 Å². The molecule has 0 saturated heterocycles. The molecule has 0 spiro atoms. The van der Waals surface area contributed by atoms with Crippen LogP contribution in [0.5, 0.6) is 0 Å². The van der Waals surface area contributed by atoms with Crippen molar-refractivity contribution in [1.29, 1.82) is 0 Å². The highest BCUT2D eigenvalue weighted by Gasteiger charge is 2.31. The van der Waals surface area contributed by atoms with Gasteiger partial charge < -0.3 is 9.84 Å². The lowest BCUT2D eigenvalue weighted by atomic mass is 9.97. The largest absolute Gasteiger partial charge is 0.480 e. The molecule has 21 heavy (non-hydrogen) atoms. The van der Waals surface area contributed by atoms with Gasteiger partial charge in [0.15, 0.2) is 0 Å². The third-order valence-corrected chi connectivity index (χ3v) is 3.37. The quantitative estimate of drug-likeness (QED) is 0.809. The third-order valence-electron chi connectivity index (χ3n) is 2.94. The Morgan fingerprint density at radius 2 is 2.10 bits per heavy atom. The van der Waals surface area contributed by atoms with Crippen molar-refractivity contribution in [3.63, 3.8) is 0 Å². The molecule has 0 fully saturated rings. The Hall–Kier alpha value is -1.69. The highest BCUT2D eigenvalue weighted by Crippen LogP contribution is 2.20. The fourth-order valence-electron chi connectivity index (χ4n) is 1.82. The predicted octanol–water partition coefficient (Wildman–Crippen LogP) is 2.95. The number of carbonyl (C=O) groups is 2. The van der Waals surface area contributed by atoms with E-state index in [-0.39, 0.29) is 6.42 Å². The molecule has 0 aliphatic heterocycles. The Kier molecular flexibility index (Phi) is 5.66. The smallest absolute Gasteiger partial charge is 0.410 e. The molecule has 0 aromatic carbocycles. The minimum Gasteiger partial charge on any atom is -0.480 e. The van der Waals surface area contributed by atoms with E-state index < -0.39 is 23.7 Å². The molecule has 0 unspecified atom stereocenters. The van der Waals surface area contributed by atoms with Crippen LogP contribution in [0.15, 0.2) is 23.8 Å². The minimum atomic E-state index is -1.08. The van der Waals surface area contributed by atoms with Gasteiger partial charge in [-0.1, -0.05) is 30.4 Å². The molecule has 0 heterocycles. The van der Waals surface area contributed by atoms with E-state index in [1.807, 2.05) is 12.2 Å². The summed E-state index contributed by atoms with van der Waals surface area (Å²) in [6.45, 7) is 5.20. The van der Waals surface area contributed by atoms with Gasteiger partial charge in [-0.3, -0.25) is 4.90 Å². The zero-order valence-corrected chi connectivity index (χ0v) is 13.6. The molecule has 1 atom stereocenters. The van der Waals surface area contributed by atoms with Crippen LogP contribution in [0.2, 0.25) is 0 Å². The van der Waals surface area contributed by atoms with E-state index in [0.29, 0.717) is 11.3 Å². The van der Waals surface area contributed by atoms with Crippen molar-refractivity contribution in [2.45, 2.75) is 45.3 Å². The van der Waals surface area contributed by atoms with E-state index in [2.05, 4.69) is 0 Å². The van der Waals surface area contributed by atoms with Crippen LogP contribution in [0.3, 0.4) is 0 Å². The number of hydrogen-bond acceptors (Lipinski definition) is 4. The molecular weight excluding hydrogens is 290 g/mol. The molecular formula is C15H21NO4S. The summed E-state index contributed by atoms with van der Waals surface area (Å²) >= 11 is 5.22. The number of likely N-dealkylation sites (N-methyl/N-ethyl adjacent to an activating group) is 1. The number of allylic oxidation sites excluding steroid dienone is 3. The van der Waals surface area contributed by atoms with Crippen LogP contribution >= 0.6 is 12.2 Å². The number of aliphatic carboxylic acids is 1. The van der Waals surface area contributed by atoms with Crippen LogP contribution in [0.25, 0.3) is 0 Å². The number of carboxylic acids is 1. The summed E-state index contributed by atoms with van der Waals surface area (Å²) in [4.78, 5) is 25.3. The van der Waals surface area contributed by atoms with Gasteiger partial charge in [0.1, 0.15) is 11.6 Å². The van der Waals surface area contributed by atoms with Crippen LogP contribution in [0.4, 0.5) is 4.79 Å². The maximum atomic E-state index is 12.0. The Balaban J connectivity index is 2.84. The fraction of sp³-hybridized carbons (Fsp3) is 0.533. The molecule has 1 aliphatic rings. The Labute approximate surface area is 130 Å². The number of carboxylic acid groups (broad SMARTS) is 1. The summed E-state index contributed by atoms with van der Waals surface area (Å²) in [6, 6.07) is -1.00. The van der Waals surface area contributed by atoms with Gasteiger partial charge in [0.2, 0.25) is 0 Å². The number of amides is 1. The summed E-state index contributed by atoms with van der Waals surface area (Å²) in [5, 5.41) is 9.37. The van der Waals surface area contributed by atoms with Crippen LogP contribution in [-0.2, 0) is 9.53 Å². The molecule has 0 aromatic rings. The highest BCUT2D eigenvalue weighted by molar-refractivity contribution is 7.80. The Morgan fingerprint density at radius 1 is 1.48 bits per heavy atom. The summed E-state index contributed by atoms with van der Waals surface area (Å²) in [5.41, 5.74) is 0.103.